The van der Waals surface area contributed by atoms with Crippen LogP contribution in [0.25, 0.3) is 0 Å². The summed E-state index contributed by atoms with van der Waals surface area (Å²) >= 11 is 0. The predicted octanol–water partition coefficient (Wildman–Crippen LogP) is 2.96. The molecule has 2 aromatic heterocycles. The zero-order chi connectivity index (χ0) is 24.7. The molecule has 3 aromatic rings. The van der Waals surface area contributed by atoms with E-state index in [4.69, 9.17) is 15.2 Å². The van der Waals surface area contributed by atoms with Crippen LogP contribution in [0.1, 0.15) is 35.9 Å². The molecule has 2 amide bonds. The van der Waals surface area contributed by atoms with Crippen LogP contribution in [0.4, 0.5) is 14.5 Å². The number of imidazole rings is 1. The van der Waals surface area contributed by atoms with E-state index in [2.05, 4.69) is 15.3 Å². The van der Waals surface area contributed by atoms with Crippen LogP contribution in [-0.4, -0.2) is 38.6 Å². The molecule has 1 aromatic carbocycles. The fraction of sp³-hybridized carbons (Fsp3) is 0.304. The Morgan fingerprint density at radius 1 is 1.29 bits per heavy atom. The van der Waals surface area contributed by atoms with Crippen molar-refractivity contribution >= 4 is 17.5 Å². The molecular weight excluding hydrogens is 448 g/mol. The second-order valence-corrected chi connectivity index (χ2v) is 7.63. The molecule has 34 heavy (non-hydrogen) atoms. The van der Waals surface area contributed by atoms with Gasteiger partial charge in [0, 0.05) is 18.9 Å². The molecule has 1 aliphatic heterocycles. The van der Waals surface area contributed by atoms with Gasteiger partial charge in [-0.1, -0.05) is 6.07 Å². The zero-order valence-electron chi connectivity index (χ0n) is 18.7. The number of hydrogen-bond acceptors (Lipinski definition) is 6. The Morgan fingerprint density at radius 2 is 2.09 bits per heavy atom. The Bertz CT molecular complexity index is 1150. The largest absolute Gasteiger partial charge is 0.484 e. The Hall–Kier alpha value is -3.86. The van der Waals surface area contributed by atoms with Crippen molar-refractivity contribution in [2.45, 2.75) is 38.6 Å². The van der Waals surface area contributed by atoms with E-state index in [1.807, 2.05) is 6.92 Å². The van der Waals surface area contributed by atoms with E-state index in [1.54, 1.807) is 30.2 Å². The highest BCUT2D eigenvalue weighted by molar-refractivity contribution is 5.96. The van der Waals surface area contributed by atoms with Crippen LogP contribution in [0, 0.1) is 11.6 Å². The highest BCUT2D eigenvalue weighted by Crippen LogP contribution is 2.21. The molecule has 0 bridgehead atoms. The van der Waals surface area contributed by atoms with Crippen LogP contribution in [0.3, 0.4) is 0 Å². The highest BCUT2D eigenvalue weighted by Gasteiger charge is 2.28. The Balaban J connectivity index is 0.000000192. The van der Waals surface area contributed by atoms with E-state index in [9.17, 15) is 18.4 Å². The third kappa shape index (κ3) is 6.58. The summed E-state index contributed by atoms with van der Waals surface area (Å²) in [5.74, 6) is -2.81. The fourth-order valence-electron chi connectivity index (χ4n) is 3.13. The van der Waals surface area contributed by atoms with Gasteiger partial charge in [-0.2, -0.15) is 4.39 Å². The van der Waals surface area contributed by atoms with Crippen molar-refractivity contribution in [2.75, 3.05) is 5.32 Å². The summed E-state index contributed by atoms with van der Waals surface area (Å²) in [6.45, 7) is 2.09. The summed E-state index contributed by atoms with van der Waals surface area (Å²) in [4.78, 5) is 30.5. The van der Waals surface area contributed by atoms with Gasteiger partial charge in [0.25, 0.3) is 11.8 Å². The van der Waals surface area contributed by atoms with Crippen molar-refractivity contribution in [1.82, 2.24) is 14.5 Å². The van der Waals surface area contributed by atoms with Gasteiger partial charge in [0.1, 0.15) is 18.4 Å². The molecule has 2 unspecified atom stereocenters. The first-order valence-electron chi connectivity index (χ1n) is 10.5. The molecule has 9 nitrogen and oxygen atoms in total. The average Bonchev–Trinajstić information content (AvgIpc) is 3.43. The van der Waals surface area contributed by atoms with Gasteiger partial charge in [-0.25, -0.2) is 9.37 Å². The van der Waals surface area contributed by atoms with Gasteiger partial charge in [-0.05, 0) is 44.0 Å². The molecule has 0 saturated carbocycles. The monoisotopic (exact) mass is 473 g/mol. The molecule has 3 heterocycles. The summed E-state index contributed by atoms with van der Waals surface area (Å²) in [5, 5.41) is 2.69. The van der Waals surface area contributed by atoms with Crippen LogP contribution < -0.4 is 15.8 Å². The molecule has 2 atom stereocenters. The molecule has 3 N–H and O–H groups in total. The van der Waals surface area contributed by atoms with E-state index < -0.39 is 23.6 Å². The van der Waals surface area contributed by atoms with Crippen LogP contribution in [0.15, 0.2) is 49.1 Å². The predicted molar refractivity (Wildman–Crippen MR) is 119 cm³/mol. The molecule has 11 heteroatoms. The van der Waals surface area contributed by atoms with E-state index in [1.165, 1.54) is 24.4 Å². The number of nitrogens with zero attached hydrogens (tertiary/aromatic N) is 3. The lowest BCUT2D eigenvalue weighted by Crippen LogP contribution is -2.28. The molecule has 0 spiro atoms. The van der Waals surface area contributed by atoms with Gasteiger partial charge in [0.05, 0.1) is 24.3 Å². The van der Waals surface area contributed by atoms with Crippen molar-refractivity contribution in [2.24, 2.45) is 12.8 Å². The third-order valence-corrected chi connectivity index (χ3v) is 5.01. The first-order chi connectivity index (χ1) is 16.2. The van der Waals surface area contributed by atoms with Gasteiger partial charge in [-0.3, -0.25) is 14.6 Å². The van der Waals surface area contributed by atoms with Gasteiger partial charge in [-0.15, -0.1) is 0 Å². The first-order valence-corrected chi connectivity index (χ1v) is 10.5. The van der Waals surface area contributed by atoms with Crippen molar-refractivity contribution in [3.63, 3.8) is 0 Å². The number of aryl methyl sites for hydroxylation is 1. The number of benzene rings is 1. The lowest BCUT2D eigenvalue weighted by molar-refractivity contribution is -0.126. The van der Waals surface area contributed by atoms with Gasteiger partial charge in [0.2, 0.25) is 5.82 Å². The second kappa shape index (κ2) is 11.3. The van der Waals surface area contributed by atoms with Gasteiger partial charge < -0.3 is 25.1 Å². The SMILES string of the molecule is CC1CCC(C(=O)Nc2ccnc(C(N)=O)c2)O1.Cn1cncc1COc1cccc(F)c1F. The topological polar surface area (TPSA) is 121 Å². The van der Waals surface area contributed by atoms with E-state index >= 15 is 0 Å². The number of carbonyl (C=O) groups excluding carboxylic acids is 2. The number of pyridine rings is 1. The number of amides is 2. The van der Waals surface area contributed by atoms with Crippen molar-refractivity contribution in [1.29, 1.82) is 0 Å². The Morgan fingerprint density at radius 3 is 2.74 bits per heavy atom. The van der Waals surface area contributed by atoms with E-state index in [-0.39, 0.29) is 30.1 Å². The number of halogens is 2. The Labute approximate surface area is 194 Å². The molecule has 0 aliphatic carbocycles. The zero-order valence-corrected chi connectivity index (χ0v) is 18.7. The van der Waals surface area contributed by atoms with Gasteiger partial charge in [0.15, 0.2) is 11.6 Å². The fourth-order valence-corrected chi connectivity index (χ4v) is 3.13. The number of aromatic nitrogens is 3. The highest BCUT2D eigenvalue weighted by atomic mass is 19.2. The molecule has 180 valence electrons. The molecule has 0 radical (unpaired) electrons. The normalized spacial score (nSPS) is 16.9. The summed E-state index contributed by atoms with van der Waals surface area (Å²) in [6, 6.07) is 6.87. The third-order valence-electron chi connectivity index (χ3n) is 5.01. The molecule has 1 fully saturated rings. The summed E-state index contributed by atoms with van der Waals surface area (Å²) < 4.78 is 38.4. The molecule has 1 aliphatic rings. The maximum atomic E-state index is 13.2. The lowest BCUT2D eigenvalue weighted by atomic mass is 10.2. The van der Waals surface area contributed by atoms with Crippen LogP contribution in [0.2, 0.25) is 0 Å². The first kappa shape index (κ1) is 24.8. The standard InChI is InChI=1S/C12H15N3O3.C11H10F2N2O/c1-7-2-3-10(18-7)12(17)15-8-4-5-14-9(6-8)11(13)16;1-15-7-14-5-8(15)6-16-10-4-2-3-9(12)11(10)13/h4-7,10H,2-3H2,1H3,(H2,13,16)(H,14,15,17);2-5,7H,6H2,1H3. The second-order valence-electron chi connectivity index (χ2n) is 7.63. The smallest absolute Gasteiger partial charge is 0.267 e. The van der Waals surface area contributed by atoms with Crippen LogP contribution >= 0.6 is 0 Å². The van der Waals surface area contributed by atoms with Gasteiger partial charge >= 0.3 is 0 Å². The number of hydrogen-bond donors (Lipinski definition) is 2. The minimum absolute atomic E-state index is 0.0961. The van der Waals surface area contributed by atoms with Crippen molar-refractivity contribution in [3.05, 3.63) is 72.1 Å². The van der Waals surface area contributed by atoms with Crippen molar-refractivity contribution in [3.8, 4) is 5.75 Å². The summed E-state index contributed by atoms with van der Waals surface area (Å²) in [6.07, 6.45) is 5.91. The van der Waals surface area contributed by atoms with E-state index in [0.29, 0.717) is 12.1 Å². The number of nitrogens with one attached hydrogen (secondary N) is 1. The maximum absolute atomic E-state index is 13.2. The minimum atomic E-state index is -0.968. The molecular formula is C23H25F2N5O4. The number of carbonyl (C=O) groups is 2. The lowest BCUT2D eigenvalue weighted by Gasteiger charge is -2.11. The van der Waals surface area contributed by atoms with Crippen LogP contribution in [0.5, 0.6) is 5.75 Å². The quantitative estimate of drug-likeness (QED) is 0.568. The number of ether oxygens (including phenoxy) is 2. The number of anilines is 1. The number of rotatable bonds is 6. The average molecular weight is 473 g/mol. The molecule has 4 rings (SSSR count). The van der Waals surface area contributed by atoms with Crippen LogP contribution in [-0.2, 0) is 23.2 Å². The van der Waals surface area contributed by atoms with Crippen molar-refractivity contribution < 1.29 is 27.8 Å². The molecule has 1 saturated heterocycles. The maximum Gasteiger partial charge on any atom is 0.267 e. The Kier molecular flexibility index (Phi) is 8.25. The van der Waals surface area contributed by atoms with E-state index in [0.717, 1.165) is 18.2 Å². The number of nitrogens with two attached hydrogens (primary N) is 1. The minimum Gasteiger partial charge on any atom is -0.484 e. The summed E-state index contributed by atoms with van der Waals surface area (Å²) in [5.41, 5.74) is 6.51. The summed E-state index contributed by atoms with van der Waals surface area (Å²) in [7, 11) is 1.80. The number of primary amides is 1.